The van der Waals surface area contributed by atoms with Crippen molar-refractivity contribution in [3.05, 3.63) is 70.9 Å². The number of furan rings is 1. The summed E-state index contributed by atoms with van der Waals surface area (Å²) < 4.78 is 6.11. The van der Waals surface area contributed by atoms with Crippen LogP contribution in [0.5, 0.6) is 0 Å². The summed E-state index contributed by atoms with van der Waals surface area (Å²) >= 11 is 1.81. The molecule has 0 atom stereocenters. The Hall–Kier alpha value is -1.62. The molecule has 2 rings (SSSR count). The summed E-state index contributed by atoms with van der Waals surface area (Å²) in [7, 11) is 0. The van der Waals surface area contributed by atoms with Crippen LogP contribution in [0.15, 0.2) is 53.3 Å². The van der Waals surface area contributed by atoms with Gasteiger partial charge in [-0.05, 0) is 74.7 Å². The van der Waals surface area contributed by atoms with Crippen LogP contribution >= 0.6 is 11.3 Å². The Morgan fingerprint density at radius 1 is 1.15 bits per heavy atom. The molecule has 0 unspecified atom stereocenters. The molecule has 0 saturated heterocycles. The Balaban J connectivity index is 2.11. The fourth-order valence-electron chi connectivity index (χ4n) is 3.29. The molecule has 0 saturated carbocycles. The van der Waals surface area contributed by atoms with Crippen molar-refractivity contribution < 1.29 is 9.52 Å². The fraction of sp³-hybridized carbons (Fsp3) is 0.478. The quantitative estimate of drug-likeness (QED) is 0.417. The lowest BCUT2D eigenvalue weighted by Crippen LogP contribution is -2.25. The molecule has 3 nitrogen and oxygen atoms in total. The van der Waals surface area contributed by atoms with Crippen molar-refractivity contribution in [2.45, 2.75) is 64.6 Å². The third kappa shape index (κ3) is 6.20. The molecule has 2 aromatic heterocycles. The van der Waals surface area contributed by atoms with Gasteiger partial charge in [0.1, 0.15) is 17.1 Å². The van der Waals surface area contributed by atoms with Gasteiger partial charge in [0, 0.05) is 11.4 Å². The molecule has 0 spiro atoms. The number of hydrogen-bond donors (Lipinski definition) is 1. The molecule has 0 radical (unpaired) electrons. The summed E-state index contributed by atoms with van der Waals surface area (Å²) in [6.07, 6.45) is 7.52. The lowest BCUT2D eigenvalue weighted by Gasteiger charge is -2.25. The van der Waals surface area contributed by atoms with Gasteiger partial charge in [0.2, 0.25) is 0 Å². The van der Waals surface area contributed by atoms with Gasteiger partial charge in [-0.25, -0.2) is 0 Å². The second kappa shape index (κ2) is 10.6. The minimum Gasteiger partial charge on any atom is -0.462 e. The Labute approximate surface area is 168 Å². The van der Waals surface area contributed by atoms with Crippen LogP contribution in [0.1, 0.15) is 61.0 Å². The zero-order valence-electron chi connectivity index (χ0n) is 16.7. The number of allylic oxidation sites excluding steroid dienone is 2. The van der Waals surface area contributed by atoms with E-state index in [1.165, 1.54) is 10.4 Å². The molecule has 2 aromatic rings. The highest BCUT2D eigenvalue weighted by molar-refractivity contribution is 7.10. The normalized spacial score (nSPS) is 11.9. The van der Waals surface area contributed by atoms with Crippen LogP contribution in [0.2, 0.25) is 0 Å². The second-order valence-corrected chi connectivity index (χ2v) is 8.19. The Bertz CT molecular complexity index is 704. The summed E-state index contributed by atoms with van der Waals surface area (Å²) in [4.78, 5) is 3.82. The van der Waals surface area contributed by atoms with Gasteiger partial charge < -0.3 is 9.52 Å². The van der Waals surface area contributed by atoms with Crippen molar-refractivity contribution in [3.8, 4) is 0 Å². The SMILES string of the molecule is C=CCCC(O)(CCC=C)c1ccc(CN(CCC)Cc2sccc2C)o1. The van der Waals surface area contributed by atoms with Crippen molar-refractivity contribution >= 4 is 11.3 Å². The first-order valence-electron chi connectivity index (χ1n) is 9.81. The monoisotopic (exact) mass is 387 g/mol. The summed E-state index contributed by atoms with van der Waals surface area (Å²) in [5.41, 5.74) is 0.394. The Morgan fingerprint density at radius 3 is 2.41 bits per heavy atom. The molecule has 0 aliphatic carbocycles. The van der Waals surface area contributed by atoms with Crippen LogP contribution in [0, 0.1) is 6.92 Å². The van der Waals surface area contributed by atoms with E-state index in [1.807, 2.05) is 35.6 Å². The van der Waals surface area contributed by atoms with Gasteiger partial charge in [-0.1, -0.05) is 19.1 Å². The van der Waals surface area contributed by atoms with Crippen LogP contribution in [-0.4, -0.2) is 16.6 Å². The Morgan fingerprint density at radius 2 is 1.85 bits per heavy atom. The van der Waals surface area contributed by atoms with E-state index in [0.717, 1.165) is 44.7 Å². The average Bonchev–Trinajstić information content (AvgIpc) is 3.28. The molecule has 0 aliphatic rings. The molecule has 0 aliphatic heterocycles. The number of aryl methyl sites for hydroxylation is 1. The Kier molecular flexibility index (Phi) is 8.55. The average molecular weight is 388 g/mol. The molecule has 0 amide bonds. The molecular weight excluding hydrogens is 354 g/mol. The van der Waals surface area contributed by atoms with E-state index in [0.29, 0.717) is 18.6 Å². The lowest BCUT2D eigenvalue weighted by molar-refractivity contribution is -0.00214. The highest BCUT2D eigenvalue weighted by Crippen LogP contribution is 2.33. The van der Waals surface area contributed by atoms with Crippen LogP contribution < -0.4 is 0 Å². The third-order valence-corrected chi connectivity index (χ3v) is 5.91. The molecule has 27 heavy (non-hydrogen) atoms. The summed E-state index contributed by atoms with van der Waals surface area (Å²) in [6.45, 7) is 14.6. The van der Waals surface area contributed by atoms with Crippen LogP contribution in [-0.2, 0) is 18.7 Å². The number of hydrogen-bond acceptors (Lipinski definition) is 4. The van der Waals surface area contributed by atoms with E-state index in [2.05, 4.69) is 43.4 Å². The van der Waals surface area contributed by atoms with Gasteiger partial charge in [0.05, 0.1) is 6.54 Å². The largest absolute Gasteiger partial charge is 0.462 e. The van der Waals surface area contributed by atoms with E-state index in [4.69, 9.17) is 4.42 Å². The molecule has 0 bridgehead atoms. The molecule has 0 fully saturated rings. The van der Waals surface area contributed by atoms with Crippen LogP contribution in [0.4, 0.5) is 0 Å². The second-order valence-electron chi connectivity index (χ2n) is 7.19. The maximum absolute atomic E-state index is 11.1. The first-order chi connectivity index (χ1) is 13.0. The maximum atomic E-state index is 11.1. The van der Waals surface area contributed by atoms with Crippen molar-refractivity contribution in [3.63, 3.8) is 0 Å². The third-order valence-electron chi connectivity index (χ3n) is 4.90. The predicted octanol–water partition coefficient (Wildman–Crippen LogP) is 6.18. The molecule has 0 aromatic carbocycles. The smallest absolute Gasteiger partial charge is 0.135 e. The molecular formula is C23H33NO2S. The number of rotatable bonds is 13. The number of nitrogens with zero attached hydrogens (tertiary/aromatic N) is 1. The van der Waals surface area contributed by atoms with Crippen LogP contribution in [0.3, 0.4) is 0 Å². The van der Waals surface area contributed by atoms with E-state index < -0.39 is 5.60 Å². The maximum Gasteiger partial charge on any atom is 0.135 e. The van der Waals surface area contributed by atoms with E-state index in [1.54, 1.807) is 0 Å². The first kappa shape index (κ1) is 21.7. The topological polar surface area (TPSA) is 36.6 Å². The minimum absolute atomic E-state index is 0.615. The van der Waals surface area contributed by atoms with Crippen LogP contribution in [0.25, 0.3) is 0 Å². The van der Waals surface area contributed by atoms with Gasteiger partial charge in [-0.15, -0.1) is 24.5 Å². The van der Waals surface area contributed by atoms with Crippen molar-refractivity contribution in [2.24, 2.45) is 0 Å². The molecule has 4 heteroatoms. The van der Waals surface area contributed by atoms with Gasteiger partial charge >= 0.3 is 0 Å². The van der Waals surface area contributed by atoms with Gasteiger partial charge in [-0.2, -0.15) is 0 Å². The summed E-state index contributed by atoms with van der Waals surface area (Å²) in [5, 5.41) is 13.3. The molecule has 1 N–H and O–H groups in total. The zero-order valence-corrected chi connectivity index (χ0v) is 17.6. The lowest BCUT2D eigenvalue weighted by atomic mass is 9.89. The standard InChI is InChI=1S/C23H33NO2S/c1-5-8-13-23(25,14-9-6-2)22-11-10-20(26-22)17-24(15-7-3)18-21-19(4)12-16-27-21/h5-6,10-12,16,25H,1-2,7-9,13-15,17-18H2,3-4H3. The van der Waals surface area contributed by atoms with E-state index >= 15 is 0 Å². The summed E-state index contributed by atoms with van der Waals surface area (Å²) in [6, 6.07) is 6.11. The fourth-order valence-corrected chi connectivity index (χ4v) is 4.23. The number of aliphatic hydroxyl groups is 1. The van der Waals surface area contributed by atoms with E-state index in [9.17, 15) is 5.11 Å². The first-order valence-corrected chi connectivity index (χ1v) is 10.7. The zero-order chi connectivity index (χ0) is 19.7. The highest BCUT2D eigenvalue weighted by Gasteiger charge is 2.31. The van der Waals surface area contributed by atoms with Gasteiger partial charge in [-0.3, -0.25) is 4.90 Å². The molecule has 2 heterocycles. The van der Waals surface area contributed by atoms with Crippen molar-refractivity contribution in [1.29, 1.82) is 0 Å². The van der Waals surface area contributed by atoms with Gasteiger partial charge in [0.25, 0.3) is 0 Å². The van der Waals surface area contributed by atoms with E-state index in [-0.39, 0.29) is 0 Å². The van der Waals surface area contributed by atoms with Crippen molar-refractivity contribution in [1.82, 2.24) is 4.90 Å². The molecule has 148 valence electrons. The minimum atomic E-state index is -0.958. The summed E-state index contributed by atoms with van der Waals surface area (Å²) in [5.74, 6) is 1.56. The predicted molar refractivity (Wildman–Crippen MR) is 115 cm³/mol. The van der Waals surface area contributed by atoms with Crippen molar-refractivity contribution in [2.75, 3.05) is 6.54 Å². The number of thiophene rings is 1. The highest BCUT2D eigenvalue weighted by atomic mass is 32.1. The van der Waals surface area contributed by atoms with Gasteiger partial charge in [0.15, 0.2) is 0 Å².